The first-order chi connectivity index (χ1) is 20.4. The Balaban J connectivity index is 0.000000349. The van der Waals surface area contributed by atoms with Crippen molar-refractivity contribution in [3.05, 3.63) is 95.7 Å². The minimum Gasteiger partial charge on any atom is -0.480 e. The highest BCUT2D eigenvalue weighted by Crippen LogP contribution is 2.44. The number of hydrogen-bond acceptors (Lipinski definition) is 5. The Morgan fingerprint density at radius 3 is 2.19 bits per heavy atom. The number of carboxylic acids is 1. The van der Waals surface area contributed by atoms with Crippen LogP contribution in [0.5, 0.6) is 0 Å². The van der Waals surface area contributed by atoms with Gasteiger partial charge in [0.2, 0.25) is 0 Å². The molecule has 0 saturated carbocycles. The first kappa shape index (κ1) is 30.4. The smallest absolute Gasteiger partial charge is 0.407 e. The van der Waals surface area contributed by atoms with Gasteiger partial charge in [-0.15, -0.1) is 0 Å². The van der Waals surface area contributed by atoms with Crippen molar-refractivity contribution in [2.24, 2.45) is 0 Å². The number of carbonyl (C=O) groups is 3. The zero-order valence-corrected chi connectivity index (χ0v) is 24.1. The molecule has 42 heavy (non-hydrogen) atoms. The van der Waals surface area contributed by atoms with Crippen LogP contribution in [0.15, 0.2) is 79.0 Å². The van der Waals surface area contributed by atoms with Gasteiger partial charge in [-0.05, 0) is 40.3 Å². The molecule has 4 aromatic rings. The molecule has 8 heteroatoms. The number of aromatic amines is 1. The molecule has 0 aliphatic heterocycles. The number of nitrogens with one attached hydrogen (secondary N) is 2. The van der Waals surface area contributed by atoms with Gasteiger partial charge in [0.05, 0.1) is 7.11 Å². The topological polar surface area (TPSA) is 118 Å². The van der Waals surface area contributed by atoms with E-state index in [4.69, 9.17) is 4.74 Å². The number of esters is 1. The van der Waals surface area contributed by atoms with E-state index < -0.39 is 18.1 Å². The molecule has 0 radical (unpaired) electrons. The average molecular weight is 571 g/mol. The molecule has 8 nitrogen and oxygen atoms in total. The van der Waals surface area contributed by atoms with Crippen LogP contribution < -0.4 is 5.32 Å². The molecule has 220 valence electrons. The van der Waals surface area contributed by atoms with Crippen molar-refractivity contribution in [3.63, 3.8) is 0 Å². The lowest BCUT2D eigenvalue weighted by Gasteiger charge is -2.17. The lowest BCUT2D eigenvalue weighted by molar-refractivity contribution is -0.141. The maximum absolute atomic E-state index is 12.5. The second-order valence-corrected chi connectivity index (χ2v) is 10.3. The molecule has 3 N–H and O–H groups in total. The summed E-state index contributed by atoms with van der Waals surface area (Å²) in [5.41, 5.74) is 6.24. The van der Waals surface area contributed by atoms with Crippen LogP contribution in [0.25, 0.3) is 22.0 Å². The molecule has 0 unspecified atom stereocenters. The van der Waals surface area contributed by atoms with Crippen LogP contribution in [0, 0.1) is 0 Å². The number of unbranched alkanes of at least 4 members (excludes halogenated alkanes) is 3. The van der Waals surface area contributed by atoms with Gasteiger partial charge < -0.3 is 24.9 Å². The van der Waals surface area contributed by atoms with Crippen molar-refractivity contribution in [3.8, 4) is 11.1 Å². The summed E-state index contributed by atoms with van der Waals surface area (Å²) in [6.07, 6.45) is 6.32. The van der Waals surface area contributed by atoms with Crippen molar-refractivity contribution in [2.45, 2.75) is 57.4 Å². The van der Waals surface area contributed by atoms with Gasteiger partial charge >= 0.3 is 18.0 Å². The van der Waals surface area contributed by atoms with Crippen molar-refractivity contribution in [2.75, 3.05) is 13.7 Å². The first-order valence-electron chi connectivity index (χ1n) is 14.4. The third-order valence-corrected chi connectivity index (χ3v) is 7.49. The fraction of sp³-hybridized carbons (Fsp3) is 0.324. The number of amides is 1. The predicted octanol–water partition coefficient (Wildman–Crippen LogP) is 6.83. The number of methoxy groups -OCH3 is 1. The minimum absolute atomic E-state index is 0.0787. The van der Waals surface area contributed by atoms with E-state index in [1.807, 2.05) is 60.7 Å². The van der Waals surface area contributed by atoms with Crippen molar-refractivity contribution in [1.82, 2.24) is 10.3 Å². The first-order valence-corrected chi connectivity index (χ1v) is 14.4. The van der Waals surface area contributed by atoms with Gasteiger partial charge in [0, 0.05) is 35.9 Å². The van der Waals surface area contributed by atoms with Crippen LogP contribution in [0.3, 0.4) is 0 Å². The summed E-state index contributed by atoms with van der Waals surface area (Å²) in [5.74, 6) is -1.27. The van der Waals surface area contributed by atoms with Gasteiger partial charge in [-0.25, -0.2) is 9.59 Å². The normalized spacial score (nSPS) is 12.4. The Kier molecular flexibility index (Phi) is 10.8. The minimum atomic E-state index is -1.11. The van der Waals surface area contributed by atoms with Crippen LogP contribution in [0.4, 0.5) is 4.79 Å². The molecule has 0 bridgehead atoms. The second-order valence-electron chi connectivity index (χ2n) is 10.3. The highest BCUT2D eigenvalue weighted by Gasteiger charge is 2.30. The summed E-state index contributed by atoms with van der Waals surface area (Å²) in [7, 11) is 1.43. The summed E-state index contributed by atoms with van der Waals surface area (Å²) in [6.45, 7) is 2.29. The average Bonchev–Trinajstić information content (AvgIpc) is 3.57. The quantitative estimate of drug-likeness (QED) is 0.134. The Morgan fingerprint density at radius 1 is 0.905 bits per heavy atom. The van der Waals surface area contributed by atoms with E-state index in [9.17, 15) is 19.5 Å². The number of rotatable bonds is 11. The molecule has 0 saturated heterocycles. The van der Waals surface area contributed by atoms with Crippen LogP contribution in [-0.4, -0.2) is 47.9 Å². The Morgan fingerprint density at radius 2 is 1.55 bits per heavy atom. The van der Waals surface area contributed by atoms with Gasteiger partial charge in [-0.3, -0.25) is 4.79 Å². The maximum atomic E-state index is 12.5. The number of aromatic nitrogens is 1. The number of para-hydroxylation sites is 1. The number of carbonyl (C=O) groups excluding carboxylic acids is 2. The van der Waals surface area contributed by atoms with Crippen LogP contribution in [0.2, 0.25) is 0 Å². The Bertz CT molecular complexity index is 1470. The van der Waals surface area contributed by atoms with E-state index in [0.29, 0.717) is 6.42 Å². The standard InChI is InChI=1S/C26H22N2O4.C8H16O2/c29-25(30)24(13-16-14-27-23-12-6-5-7-17(16)23)28-26(31)32-15-22-20-10-3-1-8-18(20)19-9-2-4-11-21(19)22;1-3-4-5-6-7-8(9)10-2/h1-12,14,22,24,27H,13,15H2,(H,28,31)(H,29,30);3-7H2,1-2H3/t24-;/m0./s1. The lowest BCUT2D eigenvalue weighted by atomic mass is 9.98. The van der Waals surface area contributed by atoms with Gasteiger partial charge in [-0.2, -0.15) is 0 Å². The molecular formula is C34H38N2O6. The summed E-state index contributed by atoms with van der Waals surface area (Å²) in [4.78, 5) is 38.0. The summed E-state index contributed by atoms with van der Waals surface area (Å²) in [5, 5.41) is 13.1. The molecular weight excluding hydrogens is 532 g/mol. The van der Waals surface area contributed by atoms with Crippen LogP contribution >= 0.6 is 0 Å². The fourth-order valence-corrected chi connectivity index (χ4v) is 5.30. The number of hydrogen-bond donors (Lipinski definition) is 3. The van der Waals surface area contributed by atoms with E-state index in [0.717, 1.165) is 51.6 Å². The SMILES string of the molecule is CCCCCCC(=O)OC.O=C(N[C@@H](Cc1c[nH]c2ccccc12)C(=O)O)OCC1c2ccccc2-c2ccccc21. The Hall–Kier alpha value is -4.59. The number of fused-ring (bicyclic) bond motifs is 4. The number of ether oxygens (including phenoxy) is 2. The number of benzene rings is 3. The molecule has 1 aliphatic carbocycles. The summed E-state index contributed by atoms with van der Waals surface area (Å²) >= 11 is 0. The van der Waals surface area contributed by atoms with Crippen LogP contribution in [0.1, 0.15) is 61.6 Å². The lowest BCUT2D eigenvalue weighted by Crippen LogP contribution is -2.42. The highest BCUT2D eigenvalue weighted by molar-refractivity contribution is 5.85. The largest absolute Gasteiger partial charge is 0.480 e. The molecule has 0 fully saturated rings. The fourth-order valence-electron chi connectivity index (χ4n) is 5.30. The summed E-state index contributed by atoms with van der Waals surface area (Å²) < 4.78 is 10.00. The van der Waals surface area contributed by atoms with E-state index >= 15 is 0 Å². The number of aliphatic carboxylic acids is 1. The number of H-pyrrole nitrogens is 1. The Labute approximate surface area is 246 Å². The van der Waals surface area contributed by atoms with Crippen LogP contribution in [-0.2, 0) is 25.5 Å². The van der Waals surface area contributed by atoms with Gasteiger partial charge in [0.1, 0.15) is 12.6 Å². The van der Waals surface area contributed by atoms with Gasteiger partial charge in [0.15, 0.2) is 0 Å². The number of carboxylic acid groups (broad SMARTS) is 1. The zero-order valence-electron chi connectivity index (χ0n) is 24.1. The highest BCUT2D eigenvalue weighted by atomic mass is 16.5. The molecule has 1 amide bonds. The number of alkyl carbamates (subject to hydrolysis) is 1. The molecule has 1 atom stereocenters. The molecule has 1 heterocycles. The monoisotopic (exact) mass is 570 g/mol. The molecule has 5 rings (SSSR count). The van der Waals surface area contributed by atoms with Gasteiger partial charge in [-0.1, -0.05) is 92.9 Å². The van der Waals surface area contributed by atoms with Crippen molar-refractivity contribution < 1.29 is 29.0 Å². The van der Waals surface area contributed by atoms with Gasteiger partial charge in [0.25, 0.3) is 0 Å². The van der Waals surface area contributed by atoms with E-state index in [-0.39, 0.29) is 24.9 Å². The second kappa shape index (κ2) is 14.9. The van der Waals surface area contributed by atoms with E-state index in [1.165, 1.54) is 20.0 Å². The molecule has 0 spiro atoms. The van der Waals surface area contributed by atoms with Crippen molar-refractivity contribution in [1.29, 1.82) is 0 Å². The summed E-state index contributed by atoms with van der Waals surface area (Å²) in [6, 6.07) is 22.7. The predicted molar refractivity (Wildman–Crippen MR) is 162 cm³/mol. The zero-order chi connectivity index (χ0) is 29.9. The molecule has 3 aromatic carbocycles. The van der Waals surface area contributed by atoms with Crippen molar-refractivity contribution >= 4 is 28.9 Å². The molecule has 1 aliphatic rings. The van der Waals surface area contributed by atoms with E-state index in [2.05, 4.69) is 34.1 Å². The molecule has 1 aromatic heterocycles. The third-order valence-electron chi connectivity index (χ3n) is 7.49. The van der Waals surface area contributed by atoms with E-state index in [1.54, 1.807) is 6.20 Å². The third kappa shape index (κ3) is 7.57. The maximum Gasteiger partial charge on any atom is 0.407 e.